The summed E-state index contributed by atoms with van der Waals surface area (Å²) in [5, 5.41) is 14.7. The fraction of sp³-hybridized carbons (Fsp3) is 0.423. The molecule has 7 nitrogen and oxygen atoms in total. The summed E-state index contributed by atoms with van der Waals surface area (Å²) in [5.41, 5.74) is 1.71. The van der Waals surface area contributed by atoms with E-state index < -0.39 is 0 Å². The Hall–Kier alpha value is -3.03. The average Bonchev–Trinajstić information content (AvgIpc) is 3.11. The standard InChI is InChI=1S/C26H32N4O3/c1-26(2,3)23(29-14-20(16-31)17-33-18-22(29)32)25-27-24(21-12-8-5-9-13-21)28-30(25)15-19-10-6-4-7-11-19/h4-13,20,23,31H,14-18H2,1-3H3/t20-,23?/m0/s1. The zero-order valence-corrected chi connectivity index (χ0v) is 19.5. The second kappa shape index (κ2) is 9.85. The summed E-state index contributed by atoms with van der Waals surface area (Å²) >= 11 is 0. The highest BCUT2D eigenvalue weighted by Gasteiger charge is 2.40. The van der Waals surface area contributed by atoms with Gasteiger partial charge < -0.3 is 14.7 Å². The van der Waals surface area contributed by atoms with Gasteiger partial charge in [0.25, 0.3) is 0 Å². The van der Waals surface area contributed by atoms with Crippen LogP contribution in [0.3, 0.4) is 0 Å². The Morgan fingerprint density at radius 2 is 1.76 bits per heavy atom. The molecule has 2 aromatic carbocycles. The third-order valence-corrected chi connectivity index (χ3v) is 5.90. The molecule has 1 aromatic heterocycles. The SMILES string of the molecule is CC(C)(C)C(c1nc(-c2ccccc2)nn1Cc1ccccc1)N1C[C@@H](CO)COCC1=O. The zero-order valence-electron chi connectivity index (χ0n) is 19.5. The summed E-state index contributed by atoms with van der Waals surface area (Å²) in [6, 6.07) is 19.7. The van der Waals surface area contributed by atoms with Gasteiger partial charge in [-0.15, -0.1) is 0 Å². The molecule has 2 atom stereocenters. The average molecular weight is 449 g/mol. The molecule has 0 spiro atoms. The Kier molecular flexibility index (Phi) is 6.91. The largest absolute Gasteiger partial charge is 0.396 e. The minimum Gasteiger partial charge on any atom is -0.396 e. The number of aromatic nitrogens is 3. The van der Waals surface area contributed by atoms with Crippen LogP contribution < -0.4 is 0 Å². The van der Waals surface area contributed by atoms with Gasteiger partial charge in [0, 0.05) is 24.6 Å². The lowest BCUT2D eigenvalue weighted by Crippen LogP contribution is -2.45. The van der Waals surface area contributed by atoms with Crippen molar-refractivity contribution in [2.75, 3.05) is 26.4 Å². The monoisotopic (exact) mass is 448 g/mol. The van der Waals surface area contributed by atoms with Gasteiger partial charge in [0.1, 0.15) is 6.61 Å². The predicted molar refractivity (Wildman–Crippen MR) is 126 cm³/mol. The molecule has 1 amide bonds. The fourth-order valence-corrected chi connectivity index (χ4v) is 4.32. The lowest BCUT2D eigenvalue weighted by Gasteiger charge is -2.39. The molecule has 0 bridgehead atoms. The highest BCUT2D eigenvalue weighted by atomic mass is 16.5. The van der Waals surface area contributed by atoms with Crippen molar-refractivity contribution in [1.29, 1.82) is 0 Å². The van der Waals surface area contributed by atoms with Gasteiger partial charge in [0.2, 0.25) is 5.91 Å². The van der Waals surface area contributed by atoms with Gasteiger partial charge in [0.05, 0.1) is 19.2 Å². The van der Waals surface area contributed by atoms with Crippen molar-refractivity contribution in [1.82, 2.24) is 19.7 Å². The van der Waals surface area contributed by atoms with Crippen LogP contribution >= 0.6 is 0 Å². The van der Waals surface area contributed by atoms with Crippen LogP contribution in [0.2, 0.25) is 0 Å². The van der Waals surface area contributed by atoms with Crippen molar-refractivity contribution >= 4 is 5.91 Å². The van der Waals surface area contributed by atoms with Crippen LogP contribution in [-0.4, -0.2) is 57.0 Å². The summed E-state index contributed by atoms with van der Waals surface area (Å²) in [6.45, 7) is 7.60. The summed E-state index contributed by atoms with van der Waals surface area (Å²) in [4.78, 5) is 20.0. The van der Waals surface area contributed by atoms with Crippen molar-refractivity contribution in [2.24, 2.45) is 11.3 Å². The molecule has 174 valence electrons. The normalized spacial score (nSPS) is 18.2. The molecular weight excluding hydrogens is 416 g/mol. The van der Waals surface area contributed by atoms with E-state index in [1.165, 1.54) is 0 Å². The van der Waals surface area contributed by atoms with Crippen molar-refractivity contribution < 1.29 is 14.6 Å². The van der Waals surface area contributed by atoms with E-state index in [2.05, 4.69) is 32.9 Å². The number of hydrogen-bond donors (Lipinski definition) is 1. The molecular formula is C26H32N4O3. The minimum absolute atomic E-state index is 0.00143. The number of benzene rings is 2. The number of nitrogens with zero attached hydrogens (tertiary/aromatic N) is 4. The number of ether oxygens (including phenoxy) is 1. The van der Waals surface area contributed by atoms with Crippen LogP contribution in [0.4, 0.5) is 0 Å². The first-order valence-electron chi connectivity index (χ1n) is 11.4. The molecule has 1 N–H and O–H groups in total. The van der Waals surface area contributed by atoms with Gasteiger partial charge in [-0.3, -0.25) is 4.79 Å². The predicted octanol–water partition coefficient (Wildman–Crippen LogP) is 3.55. The number of amides is 1. The highest BCUT2D eigenvalue weighted by molar-refractivity contribution is 5.78. The molecule has 4 rings (SSSR count). The molecule has 1 unspecified atom stereocenters. The quantitative estimate of drug-likeness (QED) is 0.624. The molecule has 1 aliphatic rings. The maximum absolute atomic E-state index is 13.1. The maximum atomic E-state index is 13.1. The van der Waals surface area contributed by atoms with E-state index in [9.17, 15) is 9.90 Å². The molecule has 0 saturated carbocycles. The van der Waals surface area contributed by atoms with Gasteiger partial charge in [0.15, 0.2) is 11.6 Å². The van der Waals surface area contributed by atoms with E-state index in [0.717, 1.165) is 17.0 Å². The Balaban J connectivity index is 1.83. The third kappa shape index (κ3) is 5.31. The number of aliphatic hydroxyl groups is 1. The zero-order chi connectivity index (χ0) is 23.4. The Bertz CT molecular complexity index is 1060. The number of carbonyl (C=O) groups excluding carboxylic acids is 1. The Morgan fingerprint density at radius 1 is 1.09 bits per heavy atom. The van der Waals surface area contributed by atoms with Crippen LogP contribution in [0.5, 0.6) is 0 Å². The minimum atomic E-state index is -0.338. The summed E-state index contributed by atoms with van der Waals surface area (Å²) in [7, 11) is 0. The van der Waals surface area contributed by atoms with Crippen molar-refractivity contribution in [3.8, 4) is 11.4 Å². The smallest absolute Gasteiger partial charge is 0.249 e. The molecule has 3 aromatic rings. The van der Waals surface area contributed by atoms with Crippen molar-refractivity contribution in [3.63, 3.8) is 0 Å². The van der Waals surface area contributed by atoms with E-state index in [4.69, 9.17) is 14.8 Å². The van der Waals surface area contributed by atoms with Crippen LogP contribution in [0.25, 0.3) is 11.4 Å². The molecule has 33 heavy (non-hydrogen) atoms. The lowest BCUT2D eigenvalue weighted by molar-refractivity contribution is -0.139. The molecule has 7 heteroatoms. The summed E-state index contributed by atoms with van der Waals surface area (Å²) < 4.78 is 7.46. The van der Waals surface area contributed by atoms with Gasteiger partial charge in [-0.05, 0) is 11.0 Å². The summed E-state index contributed by atoms with van der Waals surface area (Å²) in [6.07, 6.45) is 0. The van der Waals surface area contributed by atoms with E-state index in [1.54, 1.807) is 0 Å². The molecule has 1 aliphatic heterocycles. The first-order chi connectivity index (χ1) is 15.9. The third-order valence-electron chi connectivity index (χ3n) is 5.90. The first kappa shape index (κ1) is 23.1. The van der Waals surface area contributed by atoms with E-state index in [-0.39, 0.29) is 36.5 Å². The molecule has 0 aliphatic carbocycles. The van der Waals surface area contributed by atoms with Crippen molar-refractivity contribution in [2.45, 2.75) is 33.4 Å². The first-order valence-corrected chi connectivity index (χ1v) is 11.4. The number of carbonyl (C=O) groups is 1. The number of rotatable bonds is 6. The van der Waals surface area contributed by atoms with Gasteiger partial charge in [-0.1, -0.05) is 81.4 Å². The van der Waals surface area contributed by atoms with Crippen molar-refractivity contribution in [3.05, 3.63) is 72.1 Å². The van der Waals surface area contributed by atoms with Crippen LogP contribution in [0, 0.1) is 11.3 Å². The highest BCUT2D eigenvalue weighted by Crippen LogP contribution is 2.39. The number of hydrogen-bond acceptors (Lipinski definition) is 5. The second-order valence-electron chi connectivity index (χ2n) is 9.68. The van der Waals surface area contributed by atoms with Crippen LogP contribution in [0.1, 0.15) is 38.2 Å². The topological polar surface area (TPSA) is 80.5 Å². The van der Waals surface area contributed by atoms with E-state index >= 15 is 0 Å². The summed E-state index contributed by atoms with van der Waals surface area (Å²) in [5.74, 6) is 1.13. The Labute approximate surface area is 195 Å². The molecule has 1 fully saturated rings. The van der Waals surface area contributed by atoms with Gasteiger partial charge in [-0.2, -0.15) is 5.10 Å². The molecule has 0 radical (unpaired) electrons. The van der Waals surface area contributed by atoms with Gasteiger partial charge in [-0.25, -0.2) is 9.67 Å². The van der Waals surface area contributed by atoms with E-state index in [0.29, 0.717) is 25.5 Å². The van der Waals surface area contributed by atoms with Crippen LogP contribution in [-0.2, 0) is 16.1 Å². The maximum Gasteiger partial charge on any atom is 0.249 e. The second-order valence-corrected chi connectivity index (χ2v) is 9.68. The van der Waals surface area contributed by atoms with Crippen LogP contribution in [0.15, 0.2) is 60.7 Å². The Morgan fingerprint density at radius 3 is 2.39 bits per heavy atom. The van der Waals surface area contributed by atoms with E-state index in [1.807, 2.05) is 58.1 Å². The lowest BCUT2D eigenvalue weighted by atomic mass is 9.84. The molecule has 1 saturated heterocycles. The fourth-order valence-electron chi connectivity index (χ4n) is 4.32. The molecule has 2 heterocycles. The number of aliphatic hydroxyl groups excluding tert-OH is 1. The van der Waals surface area contributed by atoms with Gasteiger partial charge >= 0.3 is 0 Å².